The van der Waals surface area contributed by atoms with Gasteiger partial charge in [-0.25, -0.2) is 8.42 Å². The SMILES string of the molecule is CCS(=O)(=O)c1ccc([C@@H](CO)C2NCc3cc(C(N)=O)ccc32)cc1. The Labute approximate surface area is 153 Å². The Kier molecular flexibility index (Phi) is 5.13. The van der Waals surface area contributed by atoms with Crippen LogP contribution >= 0.6 is 0 Å². The van der Waals surface area contributed by atoms with E-state index in [-0.39, 0.29) is 29.2 Å². The first-order valence-corrected chi connectivity index (χ1v) is 10.1. The van der Waals surface area contributed by atoms with Gasteiger partial charge in [0, 0.05) is 24.1 Å². The molecule has 2 atom stereocenters. The number of aliphatic hydroxyl groups excluding tert-OH is 1. The van der Waals surface area contributed by atoms with Gasteiger partial charge in [-0.15, -0.1) is 0 Å². The van der Waals surface area contributed by atoms with Crippen molar-refractivity contribution in [3.63, 3.8) is 0 Å². The molecule has 6 nitrogen and oxygen atoms in total. The van der Waals surface area contributed by atoms with Gasteiger partial charge >= 0.3 is 0 Å². The van der Waals surface area contributed by atoms with Crippen molar-refractivity contribution in [2.75, 3.05) is 12.4 Å². The second kappa shape index (κ2) is 7.19. The van der Waals surface area contributed by atoms with Gasteiger partial charge in [0.2, 0.25) is 5.91 Å². The Morgan fingerprint density at radius 1 is 1.27 bits per heavy atom. The average Bonchev–Trinajstić information content (AvgIpc) is 3.06. The van der Waals surface area contributed by atoms with E-state index in [0.717, 1.165) is 16.7 Å². The van der Waals surface area contributed by atoms with Crippen molar-refractivity contribution in [1.29, 1.82) is 0 Å². The lowest BCUT2D eigenvalue weighted by Gasteiger charge is -2.23. The number of nitrogens with two attached hydrogens (primary N) is 1. The molecule has 2 aromatic carbocycles. The summed E-state index contributed by atoms with van der Waals surface area (Å²) >= 11 is 0. The molecule has 1 heterocycles. The van der Waals surface area contributed by atoms with Crippen LogP contribution in [0.15, 0.2) is 47.4 Å². The van der Waals surface area contributed by atoms with Crippen LogP contribution in [0.5, 0.6) is 0 Å². The highest BCUT2D eigenvalue weighted by Crippen LogP contribution is 2.37. The van der Waals surface area contributed by atoms with E-state index in [1.807, 2.05) is 6.07 Å². The molecule has 0 aliphatic carbocycles. The van der Waals surface area contributed by atoms with Crippen LogP contribution in [-0.4, -0.2) is 31.8 Å². The van der Waals surface area contributed by atoms with Crippen LogP contribution in [0.1, 0.15) is 45.9 Å². The van der Waals surface area contributed by atoms with Crippen molar-refractivity contribution in [1.82, 2.24) is 5.32 Å². The molecule has 7 heteroatoms. The van der Waals surface area contributed by atoms with Crippen molar-refractivity contribution in [2.24, 2.45) is 5.73 Å². The monoisotopic (exact) mass is 374 g/mol. The van der Waals surface area contributed by atoms with Gasteiger partial charge in [0.25, 0.3) is 0 Å². The van der Waals surface area contributed by atoms with Gasteiger partial charge in [-0.3, -0.25) is 4.79 Å². The molecule has 1 unspecified atom stereocenters. The van der Waals surface area contributed by atoms with Gasteiger partial charge in [0.15, 0.2) is 9.84 Å². The van der Waals surface area contributed by atoms with Crippen molar-refractivity contribution >= 4 is 15.7 Å². The Morgan fingerprint density at radius 2 is 1.96 bits per heavy atom. The van der Waals surface area contributed by atoms with Gasteiger partial charge in [0.05, 0.1) is 17.3 Å². The van der Waals surface area contributed by atoms with Gasteiger partial charge in [-0.2, -0.15) is 0 Å². The van der Waals surface area contributed by atoms with E-state index in [0.29, 0.717) is 12.1 Å². The summed E-state index contributed by atoms with van der Waals surface area (Å²) in [6.07, 6.45) is 0. The highest BCUT2D eigenvalue weighted by atomic mass is 32.2. The Morgan fingerprint density at radius 3 is 2.54 bits per heavy atom. The van der Waals surface area contributed by atoms with E-state index in [1.54, 1.807) is 43.3 Å². The first kappa shape index (κ1) is 18.6. The standard InChI is InChI=1S/C19H22N2O4S/c1-2-26(24,25)15-6-3-12(4-7-15)17(11-22)18-16-8-5-13(19(20)23)9-14(16)10-21-18/h3-9,17-18,21-22H,2,10-11H2,1H3,(H2,20,23)/t17-,18?/m1/s1. The maximum atomic E-state index is 12.0. The minimum atomic E-state index is -3.25. The number of primary amides is 1. The molecule has 1 aliphatic rings. The summed E-state index contributed by atoms with van der Waals surface area (Å²) < 4.78 is 23.9. The number of rotatable bonds is 6. The molecule has 0 aromatic heterocycles. The number of hydrogen-bond donors (Lipinski definition) is 3. The maximum absolute atomic E-state index is 12.0. The van der Waals surface area contributed by atoms with Crippen LogP contribution < -0.4 is 11.1 Å². The molecule has 138 valence electrons. The third-order valence-electron chi connectivity index (χ3n) is 4.92. The normalized spacial score (nSPS) is 17.7. The number of sulfone groups is 1. The van der Waals surface area contributed by atoms with Crippen LogP contribution in [0.2, 0.25) is 0 Å². The second-order valence-corrected chi connectivity index (χ2v) is 8.68. The molecule has 1 amide bonds. The number of benzene rings is 2. The fourth-order valence-corrected chi connectivity index (χ4v) is 4.28. The number of nitrogens with one attached hydrogen (secondary N) is 1. The molecular weight excluding hydrogens is 352 g/mol. The average molecular weight is 374 g/mol. The van der Waals surface area contributed by atoms with Crippen molar-refractivity contribution in [2.45, 2.75) is 30.3 Å². The zero-order valence-corrected chi connectivity index (χ0v) is 15.3. The predicted molar refractivity (Wildman–Crippen MR) is 98.5 cm³/mol. The van der Waals surface area contributed by atoms with Crippen molar-refractivity contribution in [3.05, 3.63) is 64.7 Å². The lowest BCUT2D eigenvalue weighted by atomic mass is 9.87. The van der Waals surface area contributed by atoms with E-state index in [1.165, 1.54) is 0 Å². The zero-order valence-electron chi connectivity index (χ0n) is 14.5. The van der Waals surface area contributed by atoms with Gasteiger partial charge < -0.3 is 16.2 Å². The van der Waals surface area contributed by atoms with Gasteiger partial charge in [-0.05, 0) is 41.0 Å². The lowest BCUT2D eigenvalue weighted by Crippen LogP contribution is -2.23. The maximum Gasteiger partial charge on any atom is 0.248 e. The van der Waals surface area contributed by atoms with Crippen molar-refractivity contribution < 1.29 is 18.3 Å². The number of amides is 1. The van der Waals surface area contributed by atoms with Crippen LogP contribution in [0.25, 0.3) is 0 Å². The molecule has 26 heavy (non-hydrogen) atoms. The summed E-state index contributed by atoms with van der Waals surface area (Å²) in [5.74, 6) is -0.646. The van der Waals surface area contributed by atoms with Gasteiger partial charge in [0.1, 0.15) is 0 Å². The summed E-state index contributed by atoms with van der Waals surface area (Å²) in [5.41, 5.74) is 8.64. The molecule has 0 fully saturated rings. The first-order valence-electron chi connectivity index (χ1n) is 8.47. The molecule has 4 N–H and O–H groups in total. The molecule has 2 aromatic rings. The van der Waals surface area contributed by atoms with Crippen LogP contribution in [0, 0.1) is 0 Å². The number of hydrogen-bond acceptors (Lipinski definition) is 5. The summed E-state index contributed by atoms with van der Waals surface area (Å²) in [5, 5.41) is 13.3. The summed E-state index contributed by atoms with van der Waals surface area (Å²) in [6, 6.07) is 11.9. The number of carbonyl (C=O) groups excluding carboxylic acids is 1. The Bertz CT molecular complexity index is 923. The highest BCUT2D eigenvalue weighted by molar-refractivity contribution is 7.91. The molecular formula is C19H22N2O4S. The van der Waals surface area contributed by atoms with E-state index >= 15 is 0 Å². The summed E-state index contributed by atoms with van der Waals surface area (Å²) in [4.78, 5) is 11.6. The third-order valence-corrected chi connectivity index (χ3v) is 6.67. The minimum absolute atomic E-state index is 0.0511. The molecule has 0 saturated carbocycles. The topological polar surface area (TPSA) is 109 Å². The molecule has 3 rings (SSSR count). The third kappa shape index (κ3) is 3.38. The quantitative estimate of drug-likeness (QED) is 0.710. The fourth-order valence-electron chi connectivity index (χ4n) is 3.40. The fraction of sp³-hybridized carbons (Fsp3) is 0.316. The van der Waals surface area contributed by atoms with E-state index in [4.69, 9.17) is 5.73 Å². The highest BCUT2D eigenvalue weighted by Gasteiger charge is 2.30. The molecule has 0 saturated heterocycles. The molecule has 0 bridgehead atoms. The molecule has 1 aliphatic heterocycles. The molecule has 0 spiro atoms. The van der Waals surface area contributed by atoms with Crippen LogP contribution in [-0.2, 0) is 16.4 Å². The largest absolute Gasteiger partial charge is 0.396 e. The number of aliphatic hydroxyl groups is 1. The lowest BCUT2D eigenvalue weighted by molar-refractivity contribution is 0.1000. The van der Waals surface area contributed by atoms with E-state index in [9.17, 15) is 18.3 Å². The van der Waals surface area contributed by atoms with E-state index < -0.39 is 15.7 Å². The van der Waals surface area contributed by atoms with Gasteiger partial charge in [-0.1, -0.05) is 25.1 Å². The number of carbonyl (C=O) groups is 1. The Balaban J connectivity index is 1.91. The zero-order chi connectivity index (χ0) is 18.9. The number of fused-ring (bicyclic) bond motifs is 1. The van der Waals surface area contributed by atoms with Crippen molar-refractivity contribution in [3.8, 4) is 0 Å². The first-order chi connectivity index (χ1) is 12.4. The minimum Gasteiger partial charge on any atom is -0.396 e. The van der Waals surface area contributed by atoms with Crippen LogP contribution in [0.4, 0.5) is 0 Å². The van der Waals surface area contributed by atoms with E-state index in [2.05, 4.69) is 5.32 Å². The summed E-state index contributed by atoms with van der Waals surface area (Å²) in [7, 11) is -3.25. The second-order valence-electron chi connectivity index (χ2n) is 6.40. The predicted octanol–water partition coefficient (Wildman–Crippen LogP) is 1.50. The smallest absolute Gasteiger partial charge is 0.248 e. The summed E-state index contributed by atoms with van der Waals surface area (Å²) in [6.45, 7) is 2.11. The molecule has 0 radical (unpaired) electrons. The van der Waals surface area contributed by atoms with Crippen LogP contribution in [0.3, 0.4) is 0 Å². The Hall–Kier alpha value is -2.22.